The number of aliphatic imine (C=N–C) groups is 1. The molecule has 0 spiro atoms. The predicted octanol–water partition coefficient (Wildman–Crippen LogP) is 2.33. The Balaban J connectivity index is 1.52. The first kappa shape index (κ1) is 20.3. The van der Waals surface area contributed by atoms with E-state index in [4.69, 9.17) is 4.74 Å². The van der Waals surface area contributed by atoms with Gasteiger partial charge in [0.15, 0.2) is 5.96 Å². The molecule has 0 saturated heterocycles. The molecule has 2 rings (SSSR count). The van der Waals surface area contributed by atoms with Gasteiger partial charge in [0.25, 0.3) is 0 Å². The molecule has 6 heteroatoms. The number of para-hydroxylation sites is 1. The van der Waals surface area contributed by atoms with Crippen LogP contribution in [0.4, 0.5) is 0 Å². The lowest BCUT2D eigenvalue weighted by Gasteiger charge is -2.12. The van der Waals surface area contributed by atoms with Crippen LogP contribution in [0.25, 0.3) is 0 Å². The number of benzene rings is 2. The molecule has 0 unspecified atom stereocenters. The number of hydrogen-bond donors (Lipinski definition) is 3. The van der Waals surface area contributed by atoms with E-state index in [-0.39, 0.29) is 5.91 Å². The normalized spacial score (nSPS) is 10.9. The van der Waals surface area contributed by atoms with E-state index < -0.39 is 0 Å². The van der Waals surface area contributed by atoms with E-state index in [1.807, 2.05) is 60.7 Å². The molecule has 0 aliphatic carbocycles. The number of carbonyl (C=O) groups is 1. The standard InChI is InChI=1S/C21H28N4O2/c1-22-21(23-14-8-16-27-19-11-6-3-7-12-19)24-15-13-20(26)25-17-18-9-4-2-5-10-18/h2-7,9-12H,8,13-17H2,1H3,(H,25,26)(H2,22,23,24). The Bertz CT molecular complexity index is 690. The molecule has 0 aliphatic rings. The molecule has 0 fully saturated rings. The largest absolute Gasteiger partial charge is 0.494 e. The number of amides is 1. The molecule has 0 aliphatic heterocycles. The minimum Gasteiger partial charge on any atom is -0.494 e. The molecule has 0 saturated carbocycles. The third-order valence-electron chi connectivity index (χ3n) is 3.83. The minimum atomic E-state index is 0.0121. The van der Waals surface area contributed by atoms with Crippen molar-refractivity contribution < 1.29 is 9.53 Å². The lowest BCUT2D eigenvalue weighted by molar-refractivity contribution is -0.121. The molecule has 0 aromatic heterocycles. The van der Waals surface area contributed by atoms with Crippen molar-refractivity contribution in [2.24, 2.45) is 4.99 Å². The van der Waals surface area contributed by atoms with E-state index in [1.54, 1.807) is 7.05 Å². The number of rotatable bonds is 10. The first-order valence-electron chi connectivity index (χ1n) is 9.21. The van der Waals surface area contributed by atoms with E-state index in [0.29, 0.717) is 32.1 Å². The second-order valence-corrected chi connectivity index (χ2v) is 5.95. The fourth-order valence-corrected chi connectivity index (χ4v) is 2.39. The zero-order chi connectivity index (χ0) is 19.2. The van der Waals surface area contributed by atoms with Gasteiger partial charge in [-0.3, -0.25) is 9.79 Å². The van der Waals surface area contributed by atoms with Gasteiger partial charge < -0.3 is 20.7 Å². The number of hydrogen-bond acceptors (Lipinski definition) is 3. The number of guanidine groups is 1. The average Bonchev–Trinajstić information content (AvgIpc) is 2.72. The van der Waals surface area contributed by atoms with Crippen LogP contribution in [0.15, 0.2) is 65.7 Å². The lowest BCUT2D eigenvalue weighted by atomic mass is 10.2. The fraction of sp³-hybridized carbons (Fsp3) is 0.333. The van der Waals surface area contributed by atoms with E-state index in [0.717, 1.165) is 24.3 Å². The predicted molar refractivity (Wildman–Crippen MR) is 109 cm³/mol. The molecular formula is C21H28N4O2. The maximum absolute atomic E-state index is 11.9. The summed E-state index contributed by atoms with van der Waals surface area (Å²) in [6, 6.07) is 19.6. The number of ether oxygens (including phenoxy) is 1. The van der Waals surface area contributed by atoms with Crippen molar-refractivity contribution in [3.63, 3.8) is 0 Å². The molecule has 27 heavy (non-hydrogen) atoms. The summed E-state index contributed by atoms with van der Waals surface area (Å²) < 4.78 is 5.64. The van der Waals surface area contributed by atoms with Gasteiger partial charge in [0.2, 0.25) is 5.91 Å². The topological polar surface area (TPSA) is 74.8 Å². The second kappa shape index (κ2) is 12.4. The SMILES string of the molecule is CN=C(NCCCOc1ccccc1)NCCC(=O)NCc1ccccc1. The maximum atomic E-state index is 11.9. The van der Waals surface area contributed by atoms with Crippen LogP contribution < -0.4 is 20.7 Å². The third kappa shape index (κ3) is 8.76. The van der Waals surface area contributed by atoms with Crippen molar-refractivity contribution in [3.8, 4) is 5.75 Å². The third-order valence-corrected chi connectivity index (χ3v) is 3.83. The van der Waals surface area contributed by atoms with Gasteiger partial charge in [-0.1, -0.05) is 48.5 Å². The summed E-state index contributed by atoms with van der Waals surface area (Å²) in [5.74, 6) is 1.57. The Hall–Kier alpha value is -3.02. The molecule has 0 bridgehead atoms. The Morgan fingerprint density at radius 3 is 2.30 bits per heavy atom. The summed E-state index contributed by atoms with van der Waals surface area (Å²) >= 11 is 0. The summed E-state index contributed by atoms with van der Waals surface area (Å²) in [4.78, 5) is 16.0. The first-order valence-corrected chi connectivity index (χ1v) is 9.21. The van der Waals surface area contributed by atoms with Crippen molar-refractivity contribution >= 4 is 11.9 Å². The van der Waals surface area contributed by atoms with Gasteiger partial charge in [0.1, 0.15) is 5.75 Å². The van der Waals surface area contributed by atoms with Crippen molar-refractivity contribution in [3.05, 3.63) is 66.2 Å². The van der Waals surface area contributed by atoms with Crippen molar-refractivity contribution in [1.82, 2.24) is 16.0 Å². The quantitative estimate of drug-likeness (QED) is 0.342. The van der Waals surface area contributed by atoms with Crippen LogP contribution in [0.5, 0.6) is 5.75 Å². The Kier molecular flexibility index (Phi) is 9.28. The van der Waals surface area contributed by atoms with E-state index in [9.17, 15) is 4.79 Å². The van der Waals surface area contributed by atoms with Gasteiger partial charge in [0.05, 0.1) is 6.61 Å². The Labute approximate surface area is 161 Å². The molecule has 2 aromatic rings. The van der Waals surface area contributed by atoms with Gasteiger partial charge in [-0.05, 0) is 24.1 Å². The van der Waals surface area contributed by atoms with E-state index in [2.05, 4.69) is 20.9 Å². The zero-order valence-corrected chi connectivity index (χ0v) is 15.8. The minimum absolute atomic E-state index is 0.0121. The number of carbonyl (C=O) groups excluding carboxylic acids is 1. The highest BCUT2D eigenvalue weighted by Crippen LogP contribution is 2.07. The van der Waals surface area contributed by atoms with Crippen molar-refractivity contribution in [2.45, 2.75) is 19.4 Å². The molecular weight excluding hydrogens is 340 g/mol. The maximum Gasteiger partial charge on any atom is 0.222 e. The van der Waals surface area contributed by atoms with E-state index in [1.165, 1.54) is 0 Å². The highest BCUT2D eigenvalue weighted by molar-refractivity contribution is 5.81. The molecule has 2 aromatic carbocycles. The smallest absolute Gasteiger partial charge is 0.222 e. The van der Waals surface area contributed by atoms with Gasteiger partial charge in [-0.2, -0.15) is 0 Å². The molecule has 0 atom stereocenters. The summed E-state index contributed by atoms with van der Waals surface area (Å²) in [6.07, 6.45) is 1.25. The van der Waals surface area contributed by atoms with Crippen LogP contribution in [0.1, 0.15) is 18.4 Å². The van der Waals surface area contributed by atoms with Gasteiger partial charge in [0, 0.05) is 33.1 Å². The average molecular weight is 368 g/mol. The zero-order valence-electron chi connectivity index (χ0n) is 15.8. The first-order chi connectivity index (χ1) is 13.3. The van der Waals surface area contributed by atoms with Crippen LogP contribution in [0.2, 0.25) is 0 Å². The lowest BCUT2D eigenvalue weighted by Crippen LogP contribution is -2.39. The van der Waals surface area contributed by atoms with Crippen LogP contribution in [0.3, 0.4) is 0 Å². The highest BCUT2D eigenvalue weighted by Gasteiger charge is 2.03. The highest BCUT2D eigenvalue weighted by atomic mass is 16.5. The van der Waals surface area contributed by atoms with Gasteiger partial charge in [-0.15, -0.1) is 0 Å². The monoisotopic (exact) mass is 368 g/mol. The molecule has 0 heterocycles. The Morgan fingerprint density at radius 2 is 1.59 bits per heavy atom. The summed E-state index contributed by atoms with van der Waals surface area (Å²) in [5, 5.41) is 9.27. The van der Waals surface area contributed by atoms with Crippen LogP contribution in [0, 0.1) is 0 Å². The molecule has 144 valence electrons. The van der Waals surface area contributed by atoms with Crippen LogP contribution >= 0.6 is 0 Å². The van der Waals surface area contributed by atoms with Crippen molar-refractivity contribution in [1.29, 1.82) is 0 Å². The second-order valence-electron chi connectivity index (χ2n) is 5.95. The number of nitrogens with zero attached hydrogens (tertiary/aromatic N) is 1. The summed E-state index contributed by atoms with van der Waals surface area (Å²) in [5.41, 5.74) is 1.09. The van der Waals surface area contributed by atoms with Crippen molar-refractivity contribution in [2.75, 3.05) is 26.7 Å². The Morgan fingerprint density at radius 1 is 0.926 bits per heavy atom. The summed E-state index contributed by atoms with van der Waals surface area (Å²) in [7, 11) is 1.71. The summed E-state index contributed by atoms with van der Waals surface area (Å²) in [6.45, 7) is 2.46. The van der Waals surface area contributed by atoms with Gasteiger partial charge in [-0.25, -0.2) is 0 Å². The molecule has 3 N–H and O–H groups in total. The van der Waals surface area contributed by atoms with E-state index >= 15 is 0 Å². The molecule has 1 amide bonds. The fourth-order valence-electron chi connectivity index (χ4n) is 2.39. The van der Waals surface area contributed by atoms with Crippen LogP contribution in [-0.2, 0) is 11.3 Å². The molecule has 6 nitrogen and oxygen atoms in total. The number of nitrogens with one attached hydrogen (secondary N) is 3. The van der Waals surface area contributed by atoms with Gasteiger partial charge >= 0.3 is 0 Å². The van der Waals surface area contributed by atoms with Crippen LogP contribution in [-0.4, -0.2) is 38.6 Å². The molecule has 0 radical (unpaired) electrons.